The van der Waals surface area contributed by atoms with E-state index in [4.69, 9.17) is 5.73 Å². The second kappa shape index (κ2) is 5.25. The van der Waals surface area contributed by atoms with Gasteiger partial charge in [0.1, 0.15) is 0 Å². The fraction of sp³-hybridized carbons (Fsp3) is 1.00. The maximum atomic E-state index is 6.12. The van der Waals surface area contributed by atoms with Gasteiger partial charge in [0, 0.05) is 18.1 Å². The molecule has 2 N–H and O–H groups in total. The first-order chi connectivity index (χ1) is 8.13. The van der Waals surface area contributed by atoms with Crippen LogP contribution < -0.4 is 5.73 Å². The zero-order valence-electron chi connectivity index (χ0n) is 11.8. The number of hydrogen-bond donors (Lipinski definition) is 1. The summed E-state index contributed by atoms with van der Waals surface area (Å²) in [4.78, 5) is 5.15. The van der Waals surface area contributed by atoms with Crippen molar-refractivity contribution in [3.05, 3.63) is 0 Å². The molecule has 0 spiro atoms. The molecule has 0 aromatic heterocycles. The second-order valence-corrected chi connectivity index (χ2v) is 6.05. The van der Waals surface area contributed by atoms with Crippen LogP contribution in [0.25, 0.3) is 0 Å². The minimum Gasteiger partial charge on any atom is -0.329 e. The Balaban J connectivity index is 1.98. The van der Waals surface area contributed by atoms with E-state index in [0.717, 1.165) is 12.5 Å². The number of likely N-dealkylation sites (tertiary alicyclic amines) is 1. The van der Waals surface area contributed by atoms with E-state index in [2.05, 4.69) is 30.7 Å². The van der Waals surface area contributed by atoms with Gasteiger partial charge in [-0.2, -0.15) is 0 Å². The van der Waals surface area contributed by atoms with Crippen LogP contribution in [0, 0.1) is 5.92 Å². The Bertz CT molecular complexity index is 242. The fourth-order valence-electron chi connectivity index (χ4n) is 3.31. The number of nitrogens with two attached hydrogens (primary N) is 1. The lowest BCUT2D eigenvalue weighted by atomic mass is 9.84. The van der Waals surface area contributed by atoms with Gasteiger partial charge in [0.15, 0.2) is 0 Å². The van der Waals surface area contributed by atoms with Gasteiger partial charge in [0.05, 0.1) is 0 Å². The molecule has 1 unspecified atom stereocenters. The molecule has 2 rings (SSSR count). The average molecular weight is 239 g/mol. The monoisotopic (exact) mass is 239 g/mol. The van der Waals surface area contributed by atoms with E-state index in [1.807, 2.05) is 0 Å². The van der Waals surface area contributed by atoms with Gasteiger partial charge in [-0.15, -0.1) is 0 Å². The highest BCUT2D eigenvalue weighted by molar-refractivity contribution is 4.99. The predicted molar refractivity (Wildman–Crippen MR) is 73.1 cm³/mol. The summed E-state index contributed by atoms with van der Waals surface area (Å²) < 4.78 is 0. The van der Waals surface area contributed by atoms with Gasteiger partial charge in [-0.25, -0.2) is 0 Å². The third kappa shape index (κ3) is 2.67. The summed E-state index contributed by atoms with van der Waals surface area (Å²) in [6.07, 6.45) is 5.33. The molecular formula is C14H29N3. The maximum Gasteiger partial charge on any atom is 0.0355 e. The summed E-state index contributed by atoms with van der Waals surface area (Å²) in [5.41, 5.74) is 6.40. The molecule has 3 heteroatoms. The predicted octanol–water partition coefficient (Wildman–Crippen LogP) is 1.53. The number of hydrogen-bond acceptors (Lipinski definition) is 3. The third-order valence-electron chi connectivity index (χ3n) is 5.28. The summed E-state index contributed by atoms with van der Waals surface area (Å²) in [5, 5.41) is 0. The van der Waals surface area contributed by atoms with Gasteiger partial charge in [-0.05, 0) is 65.2 Å². The highest BCUT2D eigenvalue weighted by atomic mass is 15.2. The molecule has 0 aromatic rings. The molecule has 17 heavy (non-hydrogen) atoms. The van der Waals surface area contributed by atoms with Crippen LogP contribution in [0.5, 0.6) is 0 Å². The molecule has 100 valence electrons. The zero-order chi connectivity index (χ0) is 12.5. The summed E-state index contributed by atoms with van der Waals surface area (Å²) >= 11 is 0. The largest absolute Gasteiger partial charge is 0.329 e. The molecule has 1 heterocycles. The first-order valence-corrected chi connectivity index (χ1v) is 7.28. The Kier molecular flexibility index (Phi) is 4.11. The van der Waals surface area contributed by atoms with Gasteiger partial charge >= 0.3 is 0 Å². The van der Waals surface area contributed by atoms with Gasteiger partial charge in [-0.3, -0.25) is 4.90 Å². The van der Waals surface area contributed by atoms with Gasteiger partial charge < -0.3 is 10.6 Å². The second-order valence-electron chi connectivity index (χ2n) is 6.05. The molecule has 0 radical (unpaired) electrons. The Hall–Kier alpha value is -0.120. The van der Waals surface area contributed by atoms with Crippen LogP contribution in [0.1, 0.15) is 39.5 Å². The Morgan fingerprint density at radius 3 is 2.35 bits per heavy atom. The van der Waals surface area contributed by atoms with Crippen LogP contribution in [0.2, 0.25) is 0 Å². The first kappa shape index (κ1) is 13.3. The normalized spacial score (nSPS) is 27.4. The lowest BCUT2D eigenvalue weighted by Gasteiger charge is -2.49. The van der Waals surface area contributed by atoms with Crippen LogP contribution in [0.4, 0.5) is 0 Å². The highest BCUT2D eigenvalue weighted by Crippen LogP contribution is 2.39. The van der Waals surface area contributed by atoms with E-state index in [0.29, 0.717) is 6.04 Å². The molecule has 1 atom stereocenters. The quantitative estimate of drug-likeness (QED) is 0.790. The number of rotatable bonds is 5. The third-order valence-corrected chi connectivity index (χ3v) is 5.28. The average Bonchev–Trinajstić information content (AvgIpc) is 3.21. The summed E-state index contributed by atoms with van der Waals surface area (Å²) in [6.45, 7) is 9.08. The van der Waals surface area contributed by atoms with E-state index < -0.39 is 0 Å². The van der Waals surface area contributed by atoms with Crippen molar-refractivity contribution in [3.63, 3.8) is 0 Å². The molecule has 0 aromatic carbocycles. The minimum absolute atomic E-state index is 0.272. The number of piperidine rings is 1. The topological polar surface area (TPSA) is 32.5 Å². The van der Waals surface area contributed by atoms with Crippen molar-refractivity contribution in [2.75, 3.05) is 33.2 Å². The lowest BCUT2D eigenvalue weighted by Crippen LogP contribution is -2.60. The van der Waals surface area contributed by atoms with E-state index >= 15 is 0 Å². The van der Waals surface area contributed by atoms with E-state index in [-0.39, 0.29) is 5.54 Å². The van der Waals surface area contributed by atoms with Crippen LogP contribution in [0.15, 0.2) is 0 Å². The first-order valence-electron chi connectivity index (χ1n) is 7.28. The van der Waals surface area contributed by atoms with Crippen molar-refractivity contribution < 1.29 is 0 Å². The SMILES string of the molecule is CCN1CCC(CN)(N(C)C(C)C2CC2)CC1. The molecular weight excluding hydrogens is 210 g/mol. The lowest BCUT2D eigenvalue weighted by molar-refractivity contribution is 0.0165. The molecule has 1 saturated heterocycles. The molecule has 2 fully saturated rings. The Morgan fingerprint density at radius 1 is 1.35 bits per heavy atom. The summed E-state index contributed by atoms with van der Waals surface area (Å²) in [5.74, 6) is 0.938. The van der Waals surface area contributed by atoms with Crippen molar-refractivity contribution in [1.29, 1.82) is 0 Å². The van der Waals surface area contributed by atoms with Gasteiger partial charge in [-0.1, -0.05) is 6.92 Å². The molecule has 1 saturated carbocycles. The van der Waals surface area contributed by atoms with Gasteiger partial charge in [0.2, 0.25) is 0 Å². The van der Waals surface area contributed by atoms with Crippen LogP contribution in [-0.4, -0.2) is 54.6 Å². The molecule has 3 nitrogen and oxygen atoms in total. The fourth-order valence-corrected chi connectivity index (χ4v) is 3.31. The molecule has 2 aliphatic rings. The Labute approximate surface area is 106 Å². The van der Waals surface area contributed by atoms with E-state index in [9.17, 15) is 0 Å². The summed E-state index contributed by atoms with van der Waals surface area (Å²) in [7, 11) is 2.30. The van der Waals surface area contributed by atoms with Crippen molar-refractivity contribution >= 4 is 0 Å². The summed E-state index contributed by atoms with van der Waals surface area (Å²) in [6, 6.07) is 0.715. The zero-order valence-corrected chi connectivity index (χ0v) is 11.8. The molecule has 1 aliphatic heterocycles. The van der Waals surface area contributed by atoms with Crippen molar-refractivity contribution in [2.45, 2.75) is 51.1 Å². The smallest absolute Gasteiger partial charge is 0.0355 e. The van der Waals surface area contributed by atoms with Crippen LogP contribution in [0.3, 0.4) is 0 Å². The van der Waals surface area contributed by atoms with Crippen molar-refractivity contribution in [2.24, 2.45) is 11.7 Å². The van der Waals surface area contributed by atoms with Gasteiger partial charge in [0.25, 0.3) is 0 Å². The highest BCUT2D eigenvalue weighted by Gasteiger charge is 2.42. The number of nitrogens with zero attached hydrogens (tertiary/aromatic N) is 2. The number of likely N-dealkylation sites (N-methyl/N-ethyl adjacent to an activating group) is 1. The van der Waals surface area contributed by atoms with Crippen LogP contribution >= 0.6 is 0 Å². The van der Waals surface area contributed by atoms with Crippen molar-refractivity contribution in [3.8, 4) is 0 Å². The molecule has 1 aliphatic carbocycles. The van der Waals surface area contributed by atoms with Crippen molar-refractivity contribution in [1.82, 2.24) is 9.80 Å². The standard InChI is InChI=1S/C14H29N3/c1-4-17-9-7-14(11-15,8-10-17)16(3)12(2)13-5-6-13/h12-13H,4-11,15H2,1-3H3. The Morgan fingerprint density at radius 2 is 1.94 bits per heavy atom. The molecule has 0 amide bonds. The minimum atomic E-state index is 0.272. The molecule has 0 bridgehead atoms. The maximum absolute atomic E-state index is 6.12. The van der Waals surface area contributed by atoms with E-state index in [1.165, 1.54) is 45.3 Å². The van der Waals surface area contributed by atoms with E-state index in [1.54, 1.807) is 0 Å². The van der Waals surface area contributed by atoms with Crippen LogP contribution in [-0.2, 0) is 0 Å².